The van der Waals surface area contributed by atoms with Crippen molar-refractivity contribution in [2.75, 3.05) is 0 Å². The van der Waals surface area contributed by atoms with E-state index < -0.39 is 11.4 Å². The van der Waals surface area contributed by atoms with E-state index in [0.29, 0.717) is 12.5 Å². The Morgan fingerprint density at radius 2 is 2.18 bits per heavy atom. The second-order valence-electron chi connectivity index (χ2n) is 5.35. The Balaban J connectivity index is 2.15. The minimum atomic E-state index is -0.658. The first-order valence-corrected chi connectivity index (χ1v) is 6.31. The molecule has 0 bridgehead atoms. The molecule has 1 N–H and O–H groups in total. The summed E-state index contributed by atoms with van der Waals surface area (Å²) in [5.41, 5.74) is 0.346. The van der Waals surface area contributed by atoms with Gasteiger partial charge in [0.1, 0.15) is 0 Å². The Kier molecular flexibility index (Phi) is 3.22. The van der Waals surface area contributed by atoms with Gasteiger partial charge in [0.05, 0.1) is 11.1 Å². The van der Waals surface area contributed by atoms with Crippen LogP contribution in [0, 0.1) is 5.41 Å². The normalized spacial score (nSPS) is 18.8. The molecule has 1 aliphatic carbocycles. The summed E-state index contributed by atoms with van der Waals surface area (Å²) in [7, 11) is 0. The Labute approximate surface area is 102 Å². The average molecular weight is 236 g/mol. The van der Waals surface area contributed by atoms with Gasteiger partial charge in [-0.1, -0.05) is 12.8 Å². The predicted octanol–water partition coefficient (Wildman–Crippen LogP) is 2.65. The Hall–Kier alpha value is -1.32. The summed E-state index contributed by atoms with van der Waals surface area (Å²) in [5.74, 6) is -0.658. The zero-order valence-corrected chi connectivity index (χ0v) is 10.5. The van der Waals surface area contributed by atoms with E-state index in [2.05, 4.69) is 18.9 Å². The average Bonchev–Trinajstić information content (AvgIpc) is 2.88. The molecule has 1 fully saturated rings. The summed E-state index contributed by atoms with van der Waals surface area (Å²) in [6, 6.07) is 2.27. The minimum Gasteiger partial charge on any atom is -0.481 e. The summed E-state index contributed by atoms with van der Waals surface area (Å²) in [4.78, 5) is 11.4. The number of nitrogens with zero attached hydrogens (tertiary/aromatic N) is 2. The molecular formula is C13H20N2O2. The van der Waals surface area contributed by atoms with Crippen molar-refractivity contribution in [3.63, 3.8) is 0 Å². The van der Waals surface area contributed by atoms with Crippen molar-refractivity contribution >= 4 is 5.97 Å². The lowest BCUT2D eigenvalue weighted by Gasteiger charge is -2.22. The Morgan fingerprint density at radius 3 is 2.65 bits per heavy atom. The fourth-order valence-corrected chi connectivity index (χ4v) is 2.62. The first-order chi connectivity index (χ1) is 8.03. The number of carboxylic acids is 1. The van der Waals surface area contributed by atoms with Gasteiger partial charge in [-0.15, -0.1) is 0 Å². The fraction of sp³-hybridized carbons (Fsp3) is 0.692. The van der Waals surface area contributed by atoms with Crippen molar-refractivity contribution in [2.24, 2.45) is 5.41 Å². The van der Waals surface area contributed by atoms with Crippen LogP contribution in [0.3, 0.4) is 0 Å². The van der Waals surface area contributed by atoms with Crippen molar-refractivity contribution in [1.29, 1.82) is 0 Å². The van der Waals surface area contributed by atoms with Gasteiger partial charge < -0.3 is 5.11 Å². The summed E-state index contributed by atoms with van der Waals surface area (Å²) >= 11 is 0. The number of carboxylic acid groups (broad SMARTS) is 1. The first kappa shape index (κ1) is 12.1. The summed E-state index contributed by atoms with van der Waals surface area (Å²) in [6.45, 7) is 4.14. The second-order valence-corrected chi connectivity index (χ2v) is 5.35. The number of aromatic nitrogens is 2. The van der Waals surface area contributed by atoms with Crippen LogP contribution in [0.25, 0.3) is 0 Å². The van der Waals surface area contributed by atoms with Crippen LogP contribution in [0.4, 0.5) is 0 Å². The highest BCUT2D eigenvalue weighted by molar-refractivity contribution is 5.75. The van der Waals surface area contributed by atoms with Gasteiger partial charge in [-0.25, -0.2) is 0 Å². The molecule has 4 heteroatoms. The maximum absolute atomic E-state index is 11.4. The number of rotatable bonds is 4. The van der Waals surface area contributed by atoms with Gasteiger partial charge >= 0.3 is 5.97 Å². The molecule has 94 valence electrons. The van der Waals surface area contributed by atoms with Gasteiger partial charge in [0.25, 0.3) is 0 Å². The van der Waals surface area contributed by atoms with Crippen LogP contribution in [0.1, 0.15) is 51.3 Å². The molecule has 0 amide bonds. The highest BCUT2D eigenvalue weighted by Crippen LogP contribution is 2.40. The van der Waals surface area contributed by atoms with Crippen LogP contribution in [0.5, 0.6) is 0 Å². The van der Waals surface area contributed by atoms with E-state index in [0.717, 1.165) is 31.4 Å². The van der Waals surface area contributed by atoms with Crippen LogP contribution in [0.15, 0.2) is 12.3 Å². The molecule has 1 aromatic heterocycles. The maximum Gasteiger partial charge on any atom is 0.310 e. The molecule has 17 heavy (non-hydrogen) atoms. The molecule has 0 aliphatic heterocycles. The van der Waals surface area contributed by atoms with E-state index in [-0.39, 0.29) is 0 Å². The highest BCUT2D eigenvalue weighted by Gasteiger charge is 2.41. The Bertz CT molecular complexity index is 403. The minimum absolute atomic E-state index is 0.327. The molecule has 0 radical (unpaired) electrons. The quantitative estimate of drug-likeness (QED) is 0.874. The number of hydrogen-bond acceptors (Lipinski definition) is 2. The molecule has 0 atom stereocenters. The van der Waals surface area contributed by atoms with Gasteiger partial charge in [0, 0.05) is 18.7 Å². The second kappa shape index (κ2) is 4.51. The summed E-state index contributed by atoms with van der Waals surface area (Å²) in [6.07, 6.45) is 6.13. The van der Waals surface area contributed by atoms with E-state index in [9.17, 15) is 9.90 Å². The number of hydrogen-bond donors (Lipinski definition) is 1. The summed E-state index contributed by atoms with van der Waals surface area (Å²) < 4.78 is 1.89. The molecule has 1 saturated carbocycles. The lowest BCUT2D eigenvalue weighted by atomic mass is 9.82. The van der Waals surface area contributed by atoms with Gasteiger partial charge in [-0.3, -0.25) is 9.48 Å². The largest absolute Gasteiger partial charge is 0.481 e. The third kappa shape index (κ3) is 2.35. The van der Waals surface area contributed by atoms with E-state index in [1.807, 2.05) is 16.9 Å². The van der Waals surface area contributed by atoms with E-state index in [4.69, 9.17) is 0 Å². The molecule has 1 aromatic rings. The van der Waals surface area contributed by atoms with Gasteiger partial charge in [0.15, 0.2) is 0 Å². The molecule has 2 rings (SSSR count). The number of carbonyl (C=O) groups is 1. The summed E-state index contributed by atoms with van der Waals surface area (Å²) in [5, 5.41) is 13.9. The highest BCUT2D eigenvalue weighted by atomic mass is 16.4. The van der Waals surface area contributed by atoms with Crippen LogP contribution in [-0.2, 0) is 11.2 Å². The van der Waals surface area contributed by atoms with Crippen molar-refractivity contribution in [3.8, 4) is 0 Å². The zero-order valence-electron chi connectivity index (χ0n) is 10.5. The van der Waals surface area contributed by atoms with Crippen LogP contribution >= 0.6 is 0 Å². The molecule has 4 nitrogen and oxygen atoms in total. The third-order valence-corrected chi connectivity index (χ3v) is 3.73. The zero-order chi connectivity index (χ0) is 12.5. The SMILES string of the molecule is CC(C)n1ccc(CC2(C(=O)O)CCCC2)n1. The van der Waals surface area contributed by atoms with Gasteiger partial charge in [-0.05, 0) is 32.8 Å². The molecule has 0 saturated heterocycles. The van der Waals surface area contributed by atoms with Gasteiger partial charge in [0.2, 0.25) is 0 Å². The lowest BCUT2D eigenvalue weighted by Crippen LogP contribution is -2.30. The topological polar surface area (TPSA) is 55.1 Å². The predicted molar refractivity (Wildman–Crippen MR) is 64.9 cm³/mol. The van der Waals surface area contributed by atoms with Crippen LogP contribution in [-0.4, -0.2) is 20.9 Å². The molecule has 0 aromatic carbocycles. The van der Waals surface area contributed by atoms with E-state index >= 15 is 0 Å². The van der Waals surface area contributed by atoms with Gasteiger partial charge in [-0.2, -0.15) is 5.10 Å². The maximum atomic E-state index is 11.4. The van der Waals surface area contributed by atoms with Crippen molar-refractivity contribution in [3.05, 3.63) is 18.0 Å². The monoisotopic (exact) mass is 236 g/mol. The molecule has 0 spiro atoms. The van der Waals surface area contributed by atoms with Crippen molar-refractivity contribution in [2.45, 2.75) is 52.0 Å². The van der Waals surface area contributed by atoms with Crippen molar-refractivity contribution < 1.29 is 9.90 Å². The van der Waals surface area contributed by atoms with Crippen LogP contribution < -0.4 is 0 Å². The molecule has 0 unspecified atom stereocenters. The number of aliphatic carboxylic acids is 1. The lowest BCUT2D eigenvalue weighted by molar-refractivity contribution is -0.148. The van der Waals surface area contributed by atoms with Crippen LogP contribution in [0.2, 0.25) is 0 Å². The third-order valence-electron chi connectivity index (χ3n) is 3.73. The standard InChI is InChI=1S/C13H20N2O2/c1-10(2)15-8-5-11(14-15)9-13(12(16)17)6-3-4-7-13/h5,8,10H,3-4,6-7,9H2,1-2H3,(H,16,17). The molecular weight excluding hydrogens is 216 g/mol. The smallest absolute Gasteiger partial charge is 0.310 e. The van der Waals surface area contributed by atoms with E-state index in [1.54, 1.807) is 0 Å². The first-order valence-electron chi connectivity index (χ1n) is 6.31. The van der Waals surface area contributed by atoms with E-state index in [1.165, 1.54) is 0 Å². The Morgan fingerprint density at radius 1 is 1.53 bits per heavy atom. The molecule has 1 heterocycles. The fourth-order valence-electron chi connectivity index (χ4n) is 2.62. The molecule has 1 aliphatic rings. The van der Waals surface area contributed by atoms with Crippen molar-refractivity contribution in [1.82, 2.24) is 9.78 Å².